The summed E-state index contributed by atoms with van der Waals surface area (Å²) in [5.41, 5.74) is 4.95. The average molecular weight is 277 g/mol. The lowest BCUT2D eigenvalue weighted by molar-refractivity contribution is 0.774. The van der Waals surface area contributed by atoms with Gasteiger partial charge in [-0.3, -0.25) is 0 Å². The first kappa shape index (κ1) is 12.1. The molecule has 0 saturated heterocycles. The Balaban J connectivity index is 1.53. The first-order valence-electron chi connectivity index (χ1n) is 7.06. The number of nitrogens with one attached hydrogen (secondary N) is 2. The molecular weight excluding hydrogens is 262 g/mol. The molecule has 2 N–H and O–H groups in total. The number of nitrogens with zero attached hydrogens (tertiary/aromatic N) is 3. The van der Waals surface area contributed by atoms with Gasteiger partial charge in [-0.25, -0.2) is 0 Å². The van der Waals surface area contributed by atoms with Gasteiger partial charge in [-0.05, 0) is 41.3 Å². The van der Waals surface area contributed by atoms with Crippen molar-refractivity contribution in [3.8, 4) is 11.4 Å². The molecule has 1 aliphatic carbocycles. The van der Waals surface area contributed by atoms with Gasteiger partial charge in [-0.2, -0.15) is 5.21 Å². The fourth-order valence-corrected chi connectivity index (χ4v) is 2.93. The van der Waals surface area contributed by atoms with Gasteiger partial charge in [-0.1, -0.05) is 36.4 Å². The van der Waals surface area contributed by atoms with Gasteiger partial charge in [0.2, 0.25) is 5.82 Å². The van der Waals surface area contributed by atoms with Crippen molar-refractivity contribution in [2.75, 3.05) is 5.32 Å². The lowest BCUT2D eigenvalue weighted by atomic mass is 10.1. The van der Waals surface area contributed by atoms with Gasteiger partial charge in [0.1, 0.15) is 0 Å². The molecule has 1 aromatic heterocycles. The number of fused-ring (bicyclic) bond motifs is 1. The van der Waals surface area contributed by atoms with Crippen LogP contribution in [0.2, 0.25) is 0 Å². The number of aromatic nitrogens is 4. The topological polar surface area (TPSA) is 66.5 Å². The Labute approximate surface area is 122 Å². The maximum atomic E-state index is 4.02. The summed E-state index contributed by atoms with van der Waals surface area (Å²) in [5, 5.41) is 17.7. The van der Waals surface area contributed by atoms with Gasteiger partial charge in [-0.15, -0.1) is 10.2 Å². The Morgan fingerprint density at radius 3 is 2.52 bits per heavy atom. The van der Waals surface area contributed by atoms with Crippen molar-refractivity contribution in [1.29, 1.82) is 0 Å². The molecule has 0 bridgehead atoms. The smallest absolute Gasteiger partial charge is 0.204 e. The third kappa shape index (κ3) is 2.38. The van der Waals surface area contributed by atoms with Gasteiger partial charge in [0.25, 0.3) is 0 Å². The van der Waals surface area contributed by atoms with Gasteiger partial charge in [0.15, 0.2) is 0 Å². The van der Waals surface area contributed by atoms with Crippen LogP contribution in [-0.2, 0) is 12.8 Å². The minimum atomic E-state index is 0.447. The largest absolute Gasteiger partial charge is 0.382 e. The number of hydrogen-bond donors (Lipinski definition) is 2. The van der Waals surface area contributed by atoms with E-state index in [1.165, 1.54) is 11.1 Å². The van der Waals surface area contributed by atoms with E-state index < -0.39 is 0 Å². The molecule has 0 radical (unpaired) electrons. The summed E-state index contributed by atoms with van der Waals surface area (Å²) in [6, 6.07) is 17.2. The zero-order valence-electron chi connectivity index (χ0n) is 11.5. The molecular formula is C16H15N5. The molecule has 104 valence electrons. The lowest BCUT2D eigenvalue weighted by Crippen LogP contribution is -2.19. The van der Waals surface area contributed by atoms with Gasteiger partial charge in [0, 0.05) is 17.3 Å². The van der Waals surface area contributed by atoms with Crippen LogP contribution < -0.4 is 5.32 Å². The predicted octanol–water partition coefficient (Wildman–Crippen LogP) is 2.45. The average Bonchev–Trinajstić information content (AvgIpc) is 3.16. The summed E-state index contributed by atoms with van der Waals surface area (Å²) in [7, 11) is 0. The van der Waals surface area contributed by atoms with Crippen LogP contribution in [-0.4, -0.2) is 26.7 Å². The van der Waals surface area contributed by atoms with Crippen LogP contribution in [0.3, 0.4) is 0 Å². The summed E-state index contributed by atoms with van der Waals surface area (Å²) < 4.78 is 0. The summed E-state index contributed by atoms with van der Waals surface area (Å²) in [5.74, 6) is 0.619. The summed E-state index contributed by atoms with van der Waals surface area (Å²) >= 11 is 0. The predicted molar refractivity (Wildman–Crippen MR) is 80.9 cm³/mol. The number of H-pyrrole nitrogens is 1. The second-order valence-electron chi connectivity index (χ2n) is 5.33. The van der Waals surface area contributed by atoms with Crippen molar-refractivity contribution in [2.24, 2.45) is 0 Å². The lowest BCUT2D eigenvalue weighted by Gasteiger charge is -2.14. The Morgan fingerprint density at radius 2 is 1.81 bits per heavy atom. The van der Waals surface area contributed by atoms with E-state index in [-0.39, 0.29) is 0 Å². The first-order chi connectivity index (χ1) is 10.4. The molecule has 3 aromatic rings. The molecule has 4 rings (SSSR count). The number of aromatic amines is 1. The van der Waals surface area contributed by atoms with E-state index in [9.17, 15) is 0 Å². The van der Waals surface area contributed by atoms with Crippen molar-refractivity contribution in [3.63, 3.8) is 0 Å². The van der Waals surface area contributed by atoms with Crippen LogP contribution >= 0.6 is 0 Å². The number of rotatable bonds is 3. The highest BCUT2D eigenvalue weighted by Gasteiger charge is 2.20. The first-order valence-corrected chi connectivity index (χ1v) is 7.06. The molecule has 5 nitrogen and oxygen atoms in total. The fraction of sp³-hybridized carbons (Fsp3) is 0.188. The van der Waals surface area contributed by atoms with Crippen molar-refractivity contribution < 1.29 is 0 Å². The van der Waals surface area contributed by atoms with E-state index in [1.54, 1.807) is 0 Å². The Morgan fingerprint density at radius 1 is 1.00 bits per heavy atom. The SMILES string of the molecule is c1cc(NC2Cc3ccccc3C2)cc(-c2nn[nH]n2)c1. The quantitative estimate of drug-likeness (QED) is 0.771. The second-order valence-corrected chi connectivity index (χ2v) is 5.33. The molecule has 2 aromatic carbocycles. The number of tetrazole rings is 1. The molecule has 5 heteroatoms. The number of hydrogen-bond acceptors (Lipinski definition) is 4. The van der Waals surface area contributed by atoms with Crippen LogP contribution in [0.15, 0.2) is 48.5 Å². The van der Waals surface area contributed by atoms with Crippen LogP contribution in [0.4, 0.5) is 5.69 Å². The monoisotopic (exact) mass is 277 g/mol. The van der Waals surface area contributed by atoms with Gasteiger partial charge in [0.05, 0.1) is 0 Å². The molecule has 1 aliphatic rings. The molecule has 0 spiro atoms. The number of anilines is 1. The van der Waals surface area contributed by atoms with Crippen LogP contribution in [0.25, 0.3) is 11.4 Å². The van der Waals surface area contributed by atoms with E-state index in [0.717, 1.165) is 24.1 Å². The summed E-state index contributed by atoms with van der Waals surface area (Å²) in [6.07, 6.45) is 2.14. The van der Waals surface area contributed by atoms with E-state index in [2.05, 4.69) is 62.3 Å². The Hall–Kier alpha value is -2.69. The van der Waals surface area contributed by atoms with Crippen molar-refractivity contribution in [1.82, 2.24) is 20.6 Å². The third-order valence-corrected chi connectivity index (χ3v) is 3.89. The van der Waals surface area contributed by atoms with E-state index in [0.29, 0.717) is 11.9 Å². The fourth-order valence-electron chi connectivity index (χ4n) is 2.93. The van der Waals surface area contributed by atoms with Gasteiger partial charge < -0.3 is 5.32 Å². The number of benzene rings is 2. The van der Waals surface area contributed by atoms with E-state index in [1.807, 2.05) is 12.1 Å². The highest BCUT2D eigenvalue weighted by Crippen LogP contribution is 2.25. The Bertz CT molecular complexity index is 726. The normalized spacial score (nSPS) is 14.1. The molecule has 0 amide bonds. The zero-order chi connectivity index (χ0) is 14.1. The highest BCUT2D eigenvalue weighted by molar-refractivity contribution is 5.62. The summed E-state index contributed by atoms with van der Waals surface area (Å²) in [6.45, 7) is 0. The standard InChI is InChI=1S/C16H15N5/c1-2-5-12-9-15(8-11(12)4-1)17-14-7-3-6-13(10-14)16-18-20-21-19-16/h1-7,10,15,17H,8-9H2,(H,18,19,20,21). The maximum Gasteiger partial charge on any atom is 0.204 e. The zero-order valence-corrected chi connectivity index (χ0v) is 11.5. The van der Waals surface area contributed by atoms with Crippen molar-refractivity contribution >= 4 is 5.69 Å². The molecule has 0 saturated carbocycles. The van der Waals surface area contributed by atoms with Crippen LogP contribution in [0, 0.1) is 0 Å². The molecule has 0 atom stereocenters. The van der Waals surface area contributed by atoms with E-state index >= 15 is 0 Å². The minimum Gasteiger partial charge on any atom is -0.382 e. The maximum absolute atomic E-state index is 4.02. The third-order valence-electron chi connectivity index (χ3n) is 3.89. The Kier molecular flexibility index (Phi) is 2.88. The van der Waals surface area contributed by atoms with Crippen LogP contribution in [0.1, 0.15) is 11.1 Å². The molecule has 0 fully saturated rings. The van der Waals surface area contributed by atoms with Crippen molar-refractivity contribution in [2.45, 2.75) is 18.9 Å². The molecule has 21 heavy (non-hydrogen) atoms. The minimum absolute atomic E-state index is 0.447. The van der Waals surface area contributed by atoms with Gasteiger partial charge >= 0.3 is 0 Å². The van der Waals surface area contributed by atoms with Crippen molar-refractivity contribution in [3.05, 3.63) is 59.7 Å². The second kappa shape index (κ2) is 5.01. The summed E-state index contributed by atoms with van der Waals surface area (Å²) in [4.78, 5) is 0. The molecule has 0 aliphatic heterocycles. The molecule has 0 unspecified atom stereocenters. The van der Waals surface area contributed by atoms with E-state index in [4.69, 9.17) is 0 Å². The van der Waals surface area contributed by atoms with Crippen LogP contribution in [0.5, 0.6) is 0 Å². The molecule has 1 heterocycles. The highest BCUT2D eigenvalue weighted by atomic mass is 15.5.